The van der Waals surface area contributed by atoms with Crippen molar-refractivity contribution in [3.05, 3.63) is 10.7 Å². The number of carbonyl (C=O) groups is 2. The number of fused-ring (bicyclic) bond motifs is 1. The molecule has 0 radical (unpaired) electrons. The topological polar surface area (TPSA) is 109 Å². The fourth-order valence-electron chi connectivity index (χ4n) is 2.48. The molecule has 0 aromatic carbocycles. The Morgan fingerprint density at radius 1 is 1.26 bits per heavy atom. The van der Waals surface area contributed by atoms with Crippen LogP contribution < -0.4 is 11.1 Å². The van der Waals surface area contributed by atoms with Crippen molar-refractivity contribution in [2.24, 2.45) is 32.5 Å². The molecule has 0 aliphatic carbocycles. The Labute approximate surface area is 116 Å². The maximum Gasteiger partial charge on any atom is 0.295 e. The third-order valence-corrected chi connectivity index (χ3v) is 3.73. The van der Waals surface area contributed by atoms with Crippen LogP contribution in [0.3, 0.4) is 0 Å². The Morgan fingerprint density at radius 3 is 2.74 bits per heavy atom. The van der Waals surface area contributed by atoms with Gasteiger partial charge in [0.2, 0.25) is 5.96 Å². The maximum absolute atomic E-state index is 11.9. The van der Waals surface area contributed by atoms with E-state index in [-0.39, 0.29) is 23.7 Å². The summed E-state index contributed by atoms with van der Waals surface area (Å²) in [4.78, 5) is 35.4. The molecule has 8 heteroatoms. The van der Waals surface area contributed by atoms with Gasteiger partial charge in [0.15, 0.2) is 0 Å². The number of halogens is 1. The van der Waals surface area contributed by atoms with Crippen LogP contribution in [0.4, 0.5) is 0 Å². The largest absolute Gasteiger partial charge is 0.368 e. The molecule has 1 saturated heterocycles. The highest BCUT2D eigenvalue weighted by atomic mass is 79.9. The van der Waals surface area contributed by atoms with Crippen molar-refractivity contribution in [2.75, 3.05) is 6.54 Å². The van der Waals surface area contributed by atoms with E-state index in [1.165, 1.54) is 0 Å². The molecule has 2 atom stereocenters. The third kappa shape index (κ3) is 2.01. The molecule has 7 nitrogen and oxygen atoms in total. The van der Waals surface area contributed by atoms with E-state index in [1.807, 2.05) is 6.08 Å². The van der Waals surface area contributed by atoms with Crippen LogP contribution in [0.25, 0.3) is 0 Å². The highest BCUT2D eigenvalue weighted by Gasteiger charge is 2.40. The Bertz CT molecular complexity index is 604. The minimum Gasteiger partial charge on any atom is -0.368 e. The van der Waals surface area contributed by atoms with Gasteiger partial charge in [-0.2, -0.15) is 4.99 Å². The first kappa shape index (κ1) is 12.2. The quantitative estimate of drug-likeness (QED) is 0.648. The summed E-state index contributed by atoms with van der Waals surface area (Å²) < 4.78 is 0.592. The molecular formula is C11H10BrN5O2. The summed E-state index contributed by atoms with van der Waals surface area (Å²) in [5, 5.41) is 2.76. The first-order valence-corrected chi connectivity index (χ1v) is 6.57. The number of nitrogens with one attached hydrogen (secondary N) is 1. The molecule has 2 unspecified atom stereocenters. The van der Waals surface area contributed by atoms with Crippen LogP contribution in [0.1, 0.15) is 6.42 Å². The van der Waals surface area contributed by atoms with Gasteiger partial charge in [0.25, 0.3) is 11.8 Å². The van der Waals surface area contributed by atoms with Crippen LogP contribution >= 0.6 is 15.9 Å². The number of aliphatic imine (C=N–C) groups is 3. The van der Waals surface area contributed by atoms with Crippen molar-refractivity contribution in [3.8, 4) is 0 Å². The van der Waals surface area contributed by atoms with Crippen LogP contribution in [0.2, 0.25) is 0 Å². The van der Waals surface area contributed by atoms with Crippen LogP contribution in [-0.4, -0.2) is 35.7 Å². The van der Waals surface area contributed by atoms with Crippen LogP contribution in [0, 0.1) is 11.8 Å². The minimum absolute atomic E-state index is 0.0249. The van der Waals surface area contributed by atoms with E-state index in [2.05, 4.69) is 36.2 Å². The van der Waals surface area contributed by atoms with Crippen LogP contribution in [-0.2, 0) is 9.59 Å². The van der Waals surface area contributed by atoms with Gasteiger partial charge in [0.1, 0.15) is 16.0 Å². The molecule has 0 bridgehead atoms. The van der Waals surface area contributed by atoms with Gasteiger partial charge in [-0.25, -0.2) is 9.98 Å². The van der Waals surface area contributed by atoms with E-state index in [1.54, 1.807) is 0 Å². The van der Waals surface area contributed by atoms with Crippen LogP contribution in [0.5, 0.6) is 0 Å². The number of carbonyl (C=O) groups excluding carboxylic acids is 2. The fourth-order valence-corrected chi connectivity index (χ4v) is 2.96. The lowest BCUT2D eigenvalue weighted by atomic mass is 9.83. The zero-order valence-corrected chi connectivity index (χ0v) is 11.3. The van der Waals surface area contributed by atoms with E-state index in [0.29, 0.717) is 29.0 Å². The second-order valence-electron chi connectivity index (χ2n) is 4.44. The second kappa shape index (κ2) is 4.37. The molecule has 2 amide bonds. The molecule has 3 rings (SSSR count). The molecule has 3 heterocycles. The first-order valence-electron chi connectivity index (χ1n) is 5.77. The summed E-state index contributed by atoms with van der Waals surface area (Å²) in [6.45, 7) is 0.469. The maximum atomic E-state index is 11.9. The highest BCUT2D eigenvalue weighted by molar-refractivity contribution is 9.11. The number of hydrogen-bond donors (Lipinski definition) is 2. The predicted molar refractivity (Wildman–Crippen MR) is 73.1 cm³/mol. The van der Waals surface area contributed by atoms with Gasteiger partial charge in [-0.15, -0.1) is 0 Å². The Morgan fingerprint density at radius 2 is 2.05 bits per heavy atom. The molecule has 98 valence electrons. The summed E-state index contributed by atoms with van der Waals surface area (Å²) in [5.41, 5.74) is 6.17. The van der Waals surface area contributed by atoms with Crippen LogP contribution in [0.15, 0.2) is 25.7 Å². The van der Waals surface area contributed by atoms with Gasteiger partial charge in [-0.3, -0.25) is 9.59 Å². The lowest BCUT2D eigenvalue weighted by molar-refractivity contribution is -0.115. The third-order valence-electron chi connectivity index (χ3n) is 3.29. The van der Waals surface area contributed by atoms with Gasteiger partial charge in [0, 0.05) is 18.4 Å². The Hall–Kier alpha value is -1.83. The summed E-state index contributed by atoms with van der Waals surface area (Å²) in [6.07, 6.45) is 2.41. The van der Waals surface area contributed by atoms with Crippen molar-refractivity contribution in [1.29, 1.82) is 0 Å². The number of nitrogens with two attached hydrogens (primary N) is 1. The lowest BCUT2D eigenvalue weighted by Gasteiger charge is -2.18. The minimum atomic E-state index is -0.423. The smallest absolute Gasteiger partial charge is 0.295 e. The fraction of sp³-hybridized carbons (Fsp3) is 0.364. The van der Waals surface area contributed by atoms with Gasteiger partial charge >= 0.3 is 0 Å². The molecule has 19 heavy (non-hydrogen) atoms. The zero-order valence-electron chi connectivity index (χ0n) is 9.76. The number of rotatable bonds is 1. The highest BCUT2D eigenvalue weighted by Crippen LogP contribution is 2.32. The number of hydrogen-bond acceptors (Lipinski definition) is 5. The van der Waals surface area contributed by atoms with Crippen molar-refractivity contribution in [2.45, 2.75) is 6.42 Å². The van der Waals surface area contributed by atoms with Crippen molar-refractivity contribution in [1.82, 2.24) is 5.32 Å². The van der Waals surface area contributed by atoms with Crippen molar-refractivity contribution in [3.63, 3.8) is 0 Å². The number of allylic oxidation sites excluding steroid dienone is 1. The average Bonchev–Trinajstić information content (AvgIpc) is 2.84. The predicted octanol–water partition coefficient (Wildman–Crippen LogP) is -0.274. The SMILES string of the molecule is NC1=NC(=O)C(C2CCNC(=O)C3=NC(Br)=CC32)=N1. The first-order chi connectivity index (χ1) is 9.06. The summed E-state index contributed by atoms with van der Waals surface area (Å²) in [5.74, 6) is -1.15. The lowest BCUT2D eigenvalue weighted by Crippen LogP contribution is -2.34. The molecule has 3 aliphatic heterocycles. The summed E-state index contributed by atoms with van der Waals surface area (Å²) in [6, 6.07) is 0. The molecule has 0 spiro atoms. The normalized spacial score (nSPS) is 29.9. The standard InChI is InChI=1S/C11H10BrN5O2/c12-6-3-5-4(7-10(19)17-11(13)16-7)1-2-14-9(18)8(5)15-6/h3-5H,1-2H2,(H,14,18)(H2,13,17,19). The van der Waals surface area contributed by atoms with Gasteiger partial charge in [-0.1, -0.05) is 0 Å². The van der Waals surface area contributed by atoms with E-state index in [0.717, 1.165) is 0 Å². The van der Waals surface area contributed by atoms with Crippen molar-refractivity contribution < 1.29 is 9.59 Å². The van der Waals surface area contributed by atoms with Gasteiger partial charge in [0.05, 0.1) is 0 Å². The van der Waals surface area contributed by atoms with Crippen molar-refractivity contribution >= 4 is 45.1 Å². The number of amides is 2. The monoisotopic (exact) mass is 323 g/mol. The van der Waals surface area contributed by atoms with E-state index in [9.17, 15) is 9.59 Å². The second-order valence-corrected chi connectivity index (χ2v) is 5.25. The number of nitrogens with zero attached hydrogens (tertiary/aromatic N) is 3. The summed E-state index contributed by atoms with van der Waals surface area (Å²) >= 11 is 3.26. The molecule has 0 aromatic rings. The molecule has 0 saturated carbocycles. The molecule has 3 aliphatic rings. The van der Waals surface area contributed by atoms with E-state index >= 15 is 0 Å². The van der Waals surface area contributed by atoms with Gasteiger partial charge in [-0.05, 0) is 28.4 Å². The Balaban J connectivity index is 1.98. The number of guanidine groups is 1. The molecule has 3 N–H and O–H groups in total. The van der Waals surface area contributed by atoms with E-state index in [4.69, 9.17) is 5.73 Å². The van der Waals surface area contributed by atoms with E-state index < -0.39 is 5.91 Å². The summed E-state index contributed by atoms with van der Waals surface area (Å²) in [7, 11) is 0. The molecule has 1 fully saturated rings. The molecule has 0 aromatic heterocycles. The zero-order chi connectivity index (χ0) is 13.6. The molecular weight excluding hydrogens is 314 g/mol. The van der Waals surface area contributed by atoms with Gasteiger partial charge < -0.3 is 11.1 Å². The average molecular weight is 324 g/mol. The Kier molecular flexibility index (Phi) is 2.81.